The van der Waals surface area contributed by atoms with Gasteiger partial charge in [-0.2, -0.15) is 0 Å². The van der Waals surface area contributed by atoms with E-state index in [1.54, 1.807) is 12.1 Å². The van der Waals surface area contributed by atoms with Crippen molar-refractivity contribution in [1.82, 2.24) is 21.3 Å². The third-order valence-corrected chi connectivity index (χ3v) is 9.37. The number of aromatic hydroxyl groups is 1. The standard InChI is InChI=1S/C42H47N5O7/c1-25(2)21-35(40(51)46-36(39(50)44-26(3)38(43)49)23-28-17-19-29(48)20-18-28)45-41(52)37(22-27-11-5-4-6-12-27)47-42(53)54-24-34-32-15-9-7-13-30(32)31-14-8-10-16-33(31)34/h4-20,25-26,34-37,48H,21-24H2,1-3H3,(H2,43,49)(H,44,50)(H,45,52)(H,46,51)(H,47,53)/t26-,35-,36-,37-/m0/s1. The number of primary amides is 1. The van der Waals surface area contributed by atoms with Gasteiger partial charge < -0.3 is 36.8 Å². The van der Waals surface area contributed by atoms with Gasteiger partial charge in [0, 0.05) is 18.8 Å². The van der Waals surface area contributed by atoms with Gasteiger partial charge in [-0.3, -0.25) is 19.2 Å². The molecule has 282 valence electrons. The Hall–Kier alpha value is -6.17. The normalized spacial score (nSPS) is 14.1. The minimum atomic E-state index is -1.16. The van der Waals surface area contributed by atoms with Crippen LogP contribution in [0.3, 0.4) is 0 Å². The van der Waals surface area contributed by atoms with Crippen molar-refractivity contribution in [3.63, 3.8) is 0 Å². The van der Waals surface area contributed by atoms with Crippen LogP contribution in [-0.2, 0) is 36.8 Å². The van der Waals surface area contributed by atoms with E-state index in [1.807, 2.05) is 92.7 Å². The van der Waals surface area contributed by atoms with Crippen molar-refractivity contribution in [2.24, 2.45) is 11.7 Å². The highest BCUT2D eigenvalue weighted by molar-refractivity contribution is 5.95. The van der Waals surface area contributed by atoms with Crippen molar-refractivity contribution in [2.75, 3.05) is 6.61 Å². The Morgan fingerprint density at radius 3 is 1.69 bits per heavy atom. The Bertz CT molecular complexity index is 1900. The minimum absolute atomic E-state index is 0.0195. The molecule has 0 bridgehead atoms. The van der Waals surface area contributed by atoms with Crippen LogP contribution in [0.5, 0.6) is 5.75 Å². The molecule has 0 fully saturated rings. The van der Waals surface area contributed by atoms with Crippen LogP contribution in [-0.4, -0.2) is 65.6 Å². The van der Waals surface area contributed by atoms with Crippen LogP contribution in [0.15, 0.2) is 103 Å². The van der Waals surface area contributed by atoms with Crippen molar-refractivity contribution < 1.29 is 33.8 Å². The second-order valence-corrected chi connectivity index (χ2v) is 14.0. The lowest BCUT2D eigenvalue weighted by atomic mass is 9.98. The number of nitrogens with one attached hydrogen (secondary N) is 4. The minimum Gasteiger partial charge on any atom is -0.508 e. The number of alkyl carbamates (subject to hydrolysis) is 1. The number of ether oxygens (including phenoxy) is 1. The number of phenolic OH excluding ortho intramolecular Hbond substituents is 1. The summed E-state index contributed by atoms with van der Waals surface area (Å²) in [4.78, 5) is 66.3. The van der Waals surface area contributed by atoms with Crippen LogP contribution in [0.1, 0.15) is 55.4 Å². The van der Waals surface area contributed by atoms with Crippen LogP contribution in [0.4, 0.5) is 4.79 Å². The summed E-state index contributed by atoms with van der Waals surface area (Å²) in [5.41, 5.74) is 11.0. The van der Waals surface area contributed by atoms with Crippen LogP contribution in [0, 0.1) is 5.92 Å². The SMILES string of the molecule is CC(C)C[C@H](NC(=O)[C@H](Cc1ccccc1)NC(=O)OCC1c2ccccc2-c2ccccc21)C(=O)N[C@@H](Cc1ccc(O)cc1)C(=O)N[C@@H](C)C(N)=O. The quantitative estimate of drug-likeness (QED) is 0.100. The van der Waals surface area contributed by atoms with E-state index in [-0.39, 0.29) is 43.5 Å². The highest BCUT2D eigenvalue weighted by Gasteiger charge is 2.33. The van der Waals surface area contributed by atoms with E-state index in [1.165, 1.54) is 19.1 Å². The monoisotopic (exact) mass is 733 g/mol. The first kappa shape index (κ1) is 39.0. The Labute approximate surface area is 314 Å². The molecule has 12 heteroatoms. The first-order chi connectivity index (χ1) is 25.9. The van der Waals surface area contributed by atoms with Crippen LogP contribution in [0.25, 0.3) is 11.1 Å². The number of rotatable bonds is 16. The molecule has 12 nitrogen and oxygen atoms in total. The highest BCUT2D eigenvalue weighted by atomic mass is 16.5. The fraction of sp³-hybridized carbons (Fsp3) is 0.310. The first-order valence-electron chi connectivity index (χ1n) is 18.0. The summed E-state index contributed by atoms with van der Waals surface area (Å²) in [6.07, 6.45) is -0.437. The Kier molecular flexibility index (Phi) is 13.0. The number of phenols is 1. The first-order valence-corrected chi connectivity index (χ1v) is 18.0. The molecule has 0 saturated carbocycles. The predicted octanol–water partition coefficient (Wildman–Crippen LogP) is 4.09. The van der Waals surface area contributed by atoms with Crippen molar-refractivity contribution in [3.05, 3.63) is 125 Å². The summed E-state index contributed by atoms with van der Waals surface area (Å²) < 4.78 is 5.76. The topological polar surface area (TPSA) is 189 Å². The molecule has 7 N–H and O–H groups in total. The molecule has 0 unspecified atom stereocenters. The summed E-state index contributed by atoms with van der Waals surface area (Å²) in [6, 6.07) is 26.9. The van der Waals surface area contributed by atoms with E-state index in [0.29, 0.717) is 5.56 Å². The molecule has 0 saturated heterocycles. The number of hydrogen-bond donors (Lipinski definition) is 6. The zero-order valence-corrected chi connectivity index (χ0v) is 30.6. The molecule has 0 spiro atoms. The predicted molar refractivity (Wildman–Crippen MR) is 204 cm³/mol. The van der Waals surface area contributed by atoms with Gasteiger partial charge in [-0.25, -0.2) is 4.79 Å². The molecule has 4 atom stereocenters. The third kappa shape index (κ3) is 10.2. The summed E-state index contributed by atoms with van der Waals surface area (Å²) >= 11 is 0. The number of carbonyl (C=O) groups excluding carboxylic acids is 5. The molecule has 54 heavy (non-hydrogen) atoms. The number of amides is 5. The molecule has 5 amide bonds. The van der Waals surface area contributed by atoms with Gasteiger partial charge in [-0.05, 0) is 64.8 Å². The second kappa shape index (κ2) is 18.0. The Morgan fingerprint density at radius 1 is 0.630 bits per heavy atom. The second-order valence-electron chi connectivity index (χ2n) is 14.0. The maximum Gasteiger partial charge on any atom is 0.407 e. The Balaban J connectivity index is 1.31. The molecule has 0 heterocycles. The maximum atomic E-state index is 14.0. The van der Waals surface area contributed by atoms with E-state index in [0.717, 1.165) is 27.8 Å². The molecule has 5 rings (SSSR count). The zero-order valence-electron chi connectivity index (χ0n) is 30.6. The fourth-order valence-electron chi connectivity index (χ4n) is 6.55. The number of nitrogens with two attached hydrogens (primary N) is 1. The fourth-order valence-corrected chi connectivity index (χ4v) is 6.55. The number of fused-ring (bicyclic) bond motifs is 3. The van der Waals surface area contributed by atoms with Gasteiger partial charge >= 0.3 is 6.09 Å². The third-order valence-electron chi connectivity index (χ3n) is 9.37. The Morgan fingerprint density at radius 2 is 1.11 bits per heavy atom. The molecular formula is C42H47N5O7. The van der Waals surface area contributed by atoms with E-state index < -0.39 is 53.9 Å². The average Bonchev–Trinajstić information content (AvgIpc) is 3.47. The van der Waals surface area contributed by atoms with Gasteiger partial charge in [0.05, 0.1) is 0 Å². The molecule has 4 aromatic rings. The zero-order chi connectivity index (χ0) is 38.8. The van der Waals surface area contributed by atoms with E-state index in [2.05, 4.69) is 21.3 Å². The van der Waals surface area contributed by atoms with Gasteiger partial charge in [0.15, 0.2) is 0 Å². The van der Waals surface area contributed by atoms with Gasteiger partial charge in [-0.15, -0.1) is 0 Å². The van der Waals surface area contributed by atoms with E-state index >= 15 is 0 Å². The smallest absolute Gasteiger partial charge is 0.407 e. The van der Waals surface area contributed by atoms with Gasteiger partial charge in [-0.1, -0.05) is 105 Å². The van der Waals surface area contributed by atoms with Crippen LogP contribution in [0.2, 0.25) is 0 Å². The highest BCUT2D eigenvalue weighted by Crippen LogP contribution is 2.44. The lowest BCUT2D eigenvalue weighted by molar-refractivity contribution is -0.133. The summed E-state index contributed by atoms with van der Waals surface area (Å²) in [5.74, 6) is -2.86. The lowest BCUT2D eigenvalue weighted by Gasteiger charge is -2.27. The number of carbonyl (C=O) groups is 5. The summed E-state index contributed by atoms with van der Waals surface area (Å²) in [5, 5.41) is 20.5. The maximum absolute atomic E-state index is 14.0. The van der Waals surface area contributed by atoms with Crippen molar-refractivity contribution in [2.45, 2.75) is 70.1 Å². The number of hydrogen-bond acceptors (Lipinski definition) is 7. The molecule has 0 aromatic heterocycles. The molecule has 0 aliphatic heterocycles. The van der Waals surface area contributed by atoms with E-state index in [9.17, 15) is 29.1 Å². The molecule has 4 aromatic carbocycles. The summed E-state index contributed by atoms with van der Waals surface area (Å²) in [6.45, 7) is 5.25. The van der Waals surface area contributed by atoms with Crippen molar-refractivity contribution >= 4 is 29.7 Å². The molecule has 0 radical (unpaired) electrons. The van der Waals surface area contributed by atoms with Gasteiger partial charge in [0.2, 0.25) is 23.6 Å². The summed E-state index contributed by atoms with van der Waals surface area (Å²) in [7, 11) is 0. The van der Waals surface area contributed by atoms with Crippen molar-refractivity contribution in [1.29, 1.82) is 0 Å². The molecular weight excluding hydrogens is 686 g/mol. The number of benzene rings is 4. The van der Waals surface area contributed by atoms with Crippen LogP contribution < -0.4 is 27.0 Å². The average molecular weight is 734 g/mol. The van der Waals surface area contributed by atoms with E-state index in [4.69, 9.17) is 10.5 Å². The largest absolute Gasteiger partial charge is 0.508 e. The van der Waals surface area contributed by atoms with Crippen LogP contribution >= 0.6 is 0 Å². The van der Waals surface area contributed by atoms with Gasteiger partial charge in [0.1, 0.15) is 36.5 Å². The van der Waals surface area contributed by atoms with Crippen molar-refractivity contribution in [3.8, 4) is 16.9 Å². The molecule has 1 aliphatic rings. The lowest BCUT2D eigenvalue weighted by Crippen LogP contribution is -2.58. The van der Waals surface area contributed by atoms with Gasteiger partial charge in [0.25, 0.3) is 0 Å². The molecule has 1 aliphatic carbocycles.